The number of hydrogen-bond donors (Lipinski definition) is 0. The molecule has 0 bridgehead atoms. The SMILES string of the molecule is N#CC1CN(c2ccc(F)c(F)c2)C(=O)N1c1cncc2ccccc12. The molecule has 0 radical (unpaired) electrons. The van der Waals surface area contributed by atoms with E-state index in [0.717, 1.165) is 22.9 Å². The second kappa shape index (κ2) is 6.08. The highest BCUT2D eigenvalue weighted by molar-refractivity contribution is 6.11. The second-order valence-electron chi connectivity index (χ2n) is 5.89. The predicted octanol–water partition coefficient (Wildman–Crippen LogP) is 3.85. The molecule has 1 aromatic heterocycles. The Morgan fingerprint density at radius 3 is 2.69 bits per heavy atom. The average molecular weight is 350 g/mol. The molecule has 1 aliphatic heterocycles. The number of pyridine rings is 1. The number of amides is 2. The van der Waals surface area contributed by atoms with Gasteiger partial charge in [-0.3, -0.25) is 14.8 Å². The molecule has 1 atom stereocenters. The third kappa shape index (κ3) is 2.43. The lowest BCUT2D eigenvalue weighted by Gasteiger charge is -2.21. The van der Waals surface area contributed by atoms with E-state index >= 15 is 0 Å². The molecule has 1 unspecified atom stereocenters. The minimum atomic E-state index is -1.05. The lowest BCUT2D eigenvalue weighted by atomic mass is 10.1. The van der Waals surface area contributed by atoms with Gasteiger partial charge in [-0.1, -0.05) is 24.3 Å². The Balaban J connectivity index is 1.80. The Kier molecular flexibility index (Phi) is 3.73. The number of benzene rings is 2. The Labute approximate surface area is 147 Å². The highest BCUT2D eigenvalue weighted by Crippen LogP contribution is 2.33. The van der Waals surface area contributed by atoms with Crippen LogP contribution in [0.5, 0.6) is 0 Å². The summed E-state index contributed by atoms with van der Waals surface area (Å²) in [7, 11) is 0. The van der Waals surface area contributed by atoms with Crippen LogP contribution in [0.4, 0.5) is 25.0 Å². The van der Waals surface area contributed by atoms with Gasteiger partial charge in [0.2, 0.25) is 0 Å². The zero-order chi connectivity index (χ0) is 18.3. The molecule has 5 nitrogen and oxygen atoms in total. The van der Waals surface area contributed by atoms with Crippen LogP contribution in [0.1, 0.15) is 0 Å². The van der Waals surface area contributed by atoms with Crippen LogP contribution in [0.2, 0.25) is 0 Å². The summed E-state index contributed by atoms with van der Waals surface area (Å²) in [5.41, 5.74) is 0.703. The maximum Gasteiger partial charge on any atom is 0.330 e. The quantitative estimate of drug-likeness (QED) is 0.705. The summed E-state index contributed by atoms with van der Waals surface area (Å²) in [5.74, 6) is -2.04. The number of rotatable bonds is 2. The van der Waals surface area contributed by atoms with Crippen molar-refractivity contribution >= 4 is 28.2 Å². The van der Waals surface area contributed by atoms with Crippen molar-refractivity contribution in [3.8, 4) is 6.07 Å². The van der Waals surface area contributed by atoms with E-state index in [1.165, 1.54) is 22.1 Å². The molecule has 0 saturated carbocycles. The molecular weight excluding hydrogens is 338 g/mol. The van der Waals surface area contributed by atoms with Crippen LogP contribution in [0.15, 0.2) is 54.9 Å². The number of urea groups is 1. The summed E-state index contributed by atoms with van der Waals surface area (Å²) in [6, 6.07) is 11.5. The molecule has 2 heterocycles. The van der Waals surface area contributed by atoms with Crippen molar-refractivity contribution in [2.24, 2.45) is 0 Å². The largest absolute Gasteiger partial charge is 0.330 e. The highest BCUT2D eigenvalue weighted by Gasteiger charge is 2.40. The molecule has 26 heavy (non-hydrogen) atoms. The zero-order valence-electron chi connectivity index (χ0n) is 13.4. The molecule has 3 aromatic rings. The van der Waals surface area contributed by atoms with Crippen molar-refractivity contribution in [1.29, 1.82) is 5.26 Å². The van der Waals surface area contributed by atoms with Gasteiger partial charge in [-0.05, 0) is 12.1 Å². The first-order valence-electron chi connectivity index (χ1n) is 7.88. The number of anilines is 2. The third-order valence-corrected chi connectivity index (χ3v) is 4.37. The van der Waals surface area contributed by atoms with Crippen LogP contribution < -0.4 is 9.80 Å². The number of hydrogen-bond acceptors (Lipinski definition) is 3. The van der Waals surface area contributed by atoms with Gasteiger partial charge in [-0.15, -0.1) is 0 Å². The number of nitrogens with zero attached hydrogens (tertiary/aromatic N) is 4. The van der Waals surface area contributed by atoms with E-state index in [1.54, 1.807) is 6.20 Å². The van der Waals surface area contributed by atoms with Crippen LogP contribution >= 0.6 is 0 Å². The monoisotopic (exact) mass is 350 g/mol. The number of fused-ring (bicyclic) bond motifs is 1. The highest BCUT2D eigenvalue weighted by atomic mass is 19.2. The van der Waals surface area contributed by atoms with Gasteiger partial charge < -0.3 is 0 Å². The third-order valence-electron chi connectivity index (χ3n) is 4.37. The van der Waals surface area contributed by atoms with Crippen LogP contribution in [0.25, 0.3) is 10.8 Å². The molecule has 0 aliphatic carbocycles. The molecule has 7 heteroatoms. The Hall–Kier alpha value is -3.53. The fourth-order valence-electron chi connectivity index (χ4n) is 3.13. The van der Waals surface area contributed by atoms with Crippen LogP contribution in [0, 0.1) is 23.0 Å². The molecule has 1 fully saturated rings. The van der Waals surface area contributed by atoms with Crippen LogP contribution in [-0.2, 0) is 0 Å². The Bertz CT molecular complexity index is 1060. The molecule has 4 rings (SSSR count). The fraction of sp³-hybridized carbons (Fsp3) is 0.105. The maximum absolute atomic E-state index is 13.6. The number of nitriles is 1. The van der Waals surface area contributed by atoms with Gasteiger partial charge in [-0.2, -0.15) is 5.26 Å². The number of halogens is 2. The van der Waals surface area contributed by atoms with Gasteiger partial charge in [0.15, 0.2) is 11.6 Å². The van der Waals surface area contributed by atoms with E-state index < -0.39 is 23.7 Å². The van der Waals surface area contributed by atoms with E-state index in [9.17, 15) is 18.8 Å². The zero-order valence-corrected chi connectivity index (χ0v) is 13.4. The Morgan fingerprint density at radius 2 is 1.92 bits per heavy atom. The van der Waals surface area contributed by atoms with E-state index in [4.69, 9.17) is 0 Å². The first-order chi connectivity index (χ1) is 12.6. The van der Waals surface area contributed by atoms with E-state index in [-0.39, 0.29) is 12.2 Å². The average Bonchev–Trinajstić information content (AvgIpc) is 3.00. The van der Waals surface area contributed by atoms with Crippen molar-refractivity contribution < 1.29 is 13.6 Å². The molecule has 0 spiro atoms. The predicted molar refractivity (Wildman–Crippen MR) is 92.7 cm³/mol. The van der Waals surface area contributed by atoms with Crippen molar-refractivity contribution in [2.45, 2.75) is 6.04 Å². The van der Waals surface area contributed by atoms with Crippen molar-refractivity contribution in [1.82, 2.24) is 4.98 Å². The topological polar surface area (TPSA) is 60.2 Å². The van der Waals surface area contributed by atoms with E-state index in [1.807, 2.05) is 24.3 Å². The summed E-state index contributed by atoms with van der Waals surface area (Å²) in [4.78, 5) is 19.7. The lowest BCUT2D eigenvalue weighted by molar-refractivity contribution is 0.255. The summed E-state index contributed by atoms with van der Waals surface area (Å²) >= 11 is 0. The van der Waals surface area contributed by atoms with Gasteiger partial charge in [-0.25, -0.2) is 13.6 Å². The maximum atomic E-state index is 13.6. The van der Waals surface area contributed by atoms with Gasteiger partial charge in [0, 0.05) is 28.7 Å². The molecule has 0 N–H and O–H groups in total. The lowest BCUT2D eigenvalue weighted by Crippen LogP contribution is -2.34. The summed E-state index contributed by atoms with van der Waals surface area (Å²) in [6.07, 6.45) is 3.20. The molecule has 2 aromatic carbocycles. The Morgan fingerprint density at radius 1 is 1.12 bits per heavy atom. The molecule has 128 valence electrons. The number of aromatic nitrogens is 1. The van der Waals surface area contributed by atoms with E-state index in [0.29, 0.717) is 5.69 Å². The normalized spacial score (nSPS) is 17.0. The van der Waals surface area contributed by atoms with Crippen molar-refractivity contribution in [3.05, 3.63) is 66.5 Å². The van der Waals surface area contributed by atoms with Crippen LogP contribution in [0.3, 0.4) is 0 Å². The second-order valence-corrected chi connectivity index (χ2v) is 5.89. The first kappa shape index (κ1) is 16.0. The van der Waals surface area contributed by atoms with Crippen LogP contribution in [-0.4, -0.2) is 23.6 Å². The molecule has 2 amide bonds. The van der Waals surface area contributed by atoms with Gasteiger partial charge >= 0.3 is 6.03 Å². The number of carbonyl (C=O) groups excluding carboxylic acids is 1. The summed E-state index contributed by atoms with van der Waals surface area (Å²) < 4.78 is 26.8. The number of carbonyl (C=O) groups is 1. The smallest absolute Gasteiger partial charge is 0.291 e. The van der Waals surface area contributed by atoms with Crippen molar-refractivity contribution in [3.63, 3.8) is 0 Å². The standard InChI is InChI=1S/C19H12F2N4O/c20-16-6-5-13(7-17(16)21)24-11-14(8-22)25(19(24)26)18-10-23-9-12-3-1-2-4-15(12)18/h1-7,9-10,14H,11H2. The molecule has 1 aliphatic rings. The minimum Gasteiger partial charge on any atom is -0.291 e. The molecular formula is C19H12F2N4O. The van der Waals surface area contributed by atoms with Crippen molar-refractivity contribution in [2.75, 3.05) is 16.3 Å². The summed E-state index contributed by atoms with van der Waals surface area (Å²) in [6.45, 7) is 0.0453. The van der Waals surface area contributed by atoms with Gasteiger partial charge in [0.05, 0.1) is 24.5 Å². The summed E-state index contributed by atoms with van der Waals surface area (Å²) in [5, 5.41) is 11.1. The molecule has 1 saturated heterocycles. The van der Waals surface area contributed by atoms with Gasteiger partial charge in [0.1, 0.15) is 6.04 Å². The fourth-order valence-corrected chi connectivity index (χ4v) is 3.13. The first-order valence-corrected chi connectivity index (χ1v) is 7.88. The van der Waals surface area contributed by atoms with E-state index in [2.05, 4.69) is 11.1 Å². The van der Waals surface area contributed by atoms with Gasteiger partial charge in [0.25, 0.3) is 0 Å². The minimum absolute atomic E-state index is 0.0453.